The summed E-state index contributed by atoms with van der Waals surface area (Å²) in [5, 5.41) is 112. The van der Waals surface area contributed by atoms with Gasteiger partial charge >= 0.3 is 59.7 Å². The van der Waals surface area contributed by atoms with Gasteiger partial charge in [0.1, 0.15) is 30.7 Å². The maximum absolute atomic E-state index is 11.9. The van der Waals surface area contributed by atoms with Gasteiger partial charge in [-0.2, -0.15) is 0 Å². The first kappa shape index (κ1) is 129. The van der Waals surface area contributed by atoms with E-state index in [9.17, 15) is 91.1 Å². The van der Waals surface area contributed by atoms with Crippen LogP contribution in [0.25, 0.3) is 0 Å². The number of unbranched alkanes of at least 4 members (excludes halogenated alkanes) is 1. The van der Waals surface area contributed by atoms with Crippen molar-refractivity contribution >= 4 is 240 Å². The van der Waals surface area contributed by atoms with Crippen molar-refractivity contribution in [1.29, 1.82) is 0 Å². The highest BCUT2D eigenvalue weighted by atomic mass is 79.9. The minimum Gasteiger partial charge on any atom is -0.481 e. The fraction of sp³-hybridized carbons (Fsp3) is 0.309. The van der Waals surface area contributed by atoms with E-state index in [1.54, 1.807) is 147 Å². The Kier molecular flexibility index (Phi) is 66.1. The van der Waals surface area contributed by atoms with Crippen LogP contribution in [0.4, 0.5) is 0 Å². The van der Waals surface area contributed by atoms with E-state index in [1.807, 2.05) is 60.7 Å². The summed E-state index contributed by atoms with van der Waals surface area (Å²) in [7, 11) is 0. The molecule has 0 aliphatic rings. The zero-order chi connectivity index (χ0) is 108. The lowest BCUT2D eigenvalue weighted by Gasteiger charge is -2.17. The van der Waals surface area contributed by atoms with E-state index in [2.05, 4.69) is 170 Å². The number of carbonyl (C=O) groups is 19. The molecule has 8 aromatic rings. The molecule has 0 saturated heterocycles. The number of hydrogen-bond donors (Lipinski definition) is 19. The van der Waals surface area contributed by atoms with Crippen molar-refractivity contribution in [2.24, 2.45) is 11.7 Å². The van der Waals surface area contributed by atoms with Crippen LogP contribution in [-0.4, -0.2) is 214 Å². The lowest BCUT2D eigenvalue weighted by atomic mass is 10.0. The van der Waals surface area contributed by atoms with E-state index in [4.69, 9.17) is 56.8 Å². The summed E-state index contributed by atoms with van der Waals surface area (Å²) in [4.78, 5) is 210. The SMILES string of the molecule is CC(C)[C@H](NC(=O)c1ccc(CBr)cc1)C(=O)O.NC(=O)CC[C@H](NC(=O)c1ccc(CBr)cc1)C(=O)O.O=C(O)CCCCNC(=O)c1ccc(CBr)cc1.O=C(O)CCCNC(=O)c1ccc(CBr)cc1.O=C(O)CCNC(=O)c1ccc(CBr)cc1.O=C(O)CC[C@H](NC(=O)c1ccc(CBr)cc1)C(=O)O.O=C(O)CNC(=O)c1ccc(CBr)cc1.O=C(O)C[C@H](NC(=O)c1ccc(CBr)cc1)C(=O)O. The number of rotatable bonds is 47. The highest BCUT2D eigenvalue weighted by Gasteiger charge is 2.27. The predicted molar refractivity (Wildman–Crippen MR) is 558 cm³/mol. The number of primary amides is 1. The molecule has 0 aliphatic carbocycles. The molecular formula is C97H109Br8N9O29. The van der Waals surface area contributed by atoms with Crippen LogP contribution in [0.5, 0.6) is 0 Å². The molecule has 0 spiro atoms. The molecule has 0 aliphatic heterocycles. The van der Waals surface area contributed by atoms with Gasteiger partial charge < -0.3 is 99.3 Å². The molecule has 0 saturated carbocycles. The Balaban J connectivity index is 0.000000818. The molecule has 8 rings (SSSR count). The third-order valence-corrected chi connectivity index (χ3v) is 23.9. The van der Waals surface area contributed by atoms with Crippen LogP contribution in [0.2, 0.25) is 0 Å². The maximum atomic E-state index is 11.9. The average molecular weight is 2500 g/mol. The predicted octanol–water partition coefficient (Wildman–Crippen LogP) is 14.2. The monoisotopic (exact) mass is 2500 g/mol. The molecule has 0 unspecified atom stereocenters. The van der Waals surface area contributed by atoms with Gasteiger partial charge in [0.05, 0.1) is 12.8 Å². The Morgan fingerprint density at radius 1 is 0.245 bits per heavy atom. The second kappa shape index (κ2) is 73.6. The van der Waals surface area contributed by atoms with E-state index >= 15 is 0 Å². The minimum atomic E-state index is -1.44. The quantitative estimate of drug-likeness (QED) is 0.0124. The first-order chi connectivity index (χ1) is 67.8. The summed E-state index contributed by atoms with van der Waals surface area (Å²) in [5.74, 6) is -14.6. The maximum Gasteiger partial charge on any atom is 0.326 e. The van der Waals surface area contributed by atoms with Gasteiger partial charge in [-0.3, -0.25) is 71.9 Å². The fourth-order valence-electron chi connectivity index (χ4n) is 10.8. The van der Waals surface area contributed by atoms with Crippen molar-refractivity contribution in [3.05, 3.63) is 283 Å². The zero-order valence-corrected chi connectivity index (χ0v) is 89.6. The molecule has 20 N–H and O–H groups in total. The number of halogens is 8. The Bertz CT molecular complexity index is 5350. The molecule has 772 valence electrons. The summed E-state index contributed by atoms with van der Waals surface area (Å²) >= 11 is 26.4. The van der Waals surface area contributed by atoms with Crippen molar-refractivity contribution in [3.8, 4) is 0 Å². The van der Waals surface area contributed by atoms with Gasteiger partial charge in [0.2, 0.25) is 5.91 Å². The molecule has 38 nitrogen and oxygen atoms in total. The van der Waals surface area contributed by atoms with Gasteiger partial charge in [0.25, 0.3) is 47.3 Å². The van der Waals surface area contributed by atoms with Crippen LogP contribution in [0.3, 0.4) is 0 Å². The summed E-state index contributed by atoms with van der Waals surface area (Å²) in [5.41, 5.74) is 17.0. The number of carbonyl (C=O) groups excluding carboxylic acids is 9. The van der Waals surface area contributed by atoms with E-state index in [1.165, 1.54) is 0 Å². The number of nitrogens with two attached hydrogens (primary N) is 1. The lowest BCUT2D eigenvalue weighted by molar-refractivity contribution is -0.145. The van der Waals surface area contributed by atoms with Gasteiger partial charge in [-0.05, 0) is 180 Å². The molecule has 9 amide bonds. The second-order valence-electron chi connectivity index (χ2n) is 30.1. The van der Waals surface area contributed by atoms with E-state index in [0.717, 1.165) is 71.2 Å². The molecule has 0 bridgehead atoms. The zero-order valence-electron chi connectivity index (χ0n) is 77.0. The minimum absolute atomic E-state index is 0.0319. The number of carboxylic acid groups (broad SMARTS) is 10. The fourth-order valence-corrected chi connectivity index (χ4v) is 13.8. The number of benzene rings is 8. The largest absolute Gasteiger partial charge is 0.481 e. The average Bonchev–Trinajstić information content (AvgIpc) is 0.875. The van der Waals surface area contributed by atoms with Crippen LogP contribution in [0.15, 0.2) is 194 Å². The van der Waals surface area contributed by atoms with Crippen LogP contribution >= 0.6 is 127 Å². The Labute approximate surface area is 889 Å². The first-order valence-corrected chi connectivity index (χ1v) is 51.8. The Hall–Kier alpha value is -12.5. The molecular weight excluding hydrogens is 2390 g/mol. The molecule has 0 aromatic heterocycles. The topological polar surface area (TPSA) is 649 Å². The molecule has 8 aromatic carbocycles. The van der Waals surface area contributed by atoms with Crippen molar-refractivity contribution < 1.29 is 142 Å². The van der Waals surface area contributed by atoms with E-state index in [0.29, 0.717) is 87.3 Å². The summed E-state index contributed by atoms with van der Waals surface area (Å²) < 4.78 is 0. The van der Waals surface area contributed by atoms with Crippen LogP contribution < -0.4 is 48.3 Å². The molecule has 0 radical (unpaired) electrons. The first-order valence-electron chi connectivity index (χ1n) is 42.9. The van der Waals surface area contributed by atoms with Crippen molar-refractivity contribution in [2.45, 2.75) is 151 Å². The van der Waals surface area contributed by atoms with Crippen molar-refractivity contribution in [2.75, 3.05) is 26.2 Å². The number of hydrogen-bond acceptors (Lipinski definition) is 19. The molecule has 0 fully saturated rings. The second-order valence-corrected chi connectivity index (χ2v) is 34.6. The smallest absolute Gasteiger partial charge is 0.326 e. The number of alkyl halides is 8. The number of carboxylic acids is 10. The molecule has 0 heterocycles. The van der Waals surface area contributed by atoms with Gasteiger partial charge in [-0.15, -0.1) is 0 Å². The molecule has 4 atom stereocenters. The van der Waals surface area contributed by atoms with Crippen molar-refractivity contribution in [3.63, 3.8) is 0 Å². The number of amides is 9. The normalized spacial score (nSPS) is 10.9. The Morgan fingerprint density at radius 3 is 0.706 bits per heavy atom. The van der Waals surface area contributed by atoms with Crippen LogP contribution in [0, 0.1) is 5.92 Å². The van der Waals surface area contributed by atoms with Gasteiger partial charge in [-0.25, -0.2) is 19.2 Å². The van der Waals surface area contributed by atoms with Gasteiger partial charge in [0.15, 0.2) is 0 Å². The molecule has 46 heteroatoms. The third kappa shape index (κ3) is 57.4. The molecule has 143 heavy (non-hydrogen) atoms. The summed E-state index contributed by atoms with van der Waals surface area (Å²) in [6.07, 6.45) is 0.589. The van der Waals surface area contributed by atoms with Crippen LogP contribution in [-0.2, 0) is 95.4 Å². The van der Waals surface area contributed by atoms with E-state index in [-0.39, 0.29) is 99.1 Å². The number of nitrogens with one attached hydrogen (secondary N) is 8. The number of aliphatic carboxylic acids is 10. The highest BCUT2D eigenvalue weighted by Crippen LogP contribution is 2.18. The van der Waals surface area contributed by atoms with Gasteiger partial charge in [0, 0.05) is 132 Å². The third-order valence-electron chi connectivity index (χ3n) is 18.7. The van der Waals surface area contributed by atoms with Crippen LogP contribution in [0.1, 0.15) is 212 Å². The lowest BCUT2D eigenvalue weighted by Crippen LogP contribution is -2.44. The van der Waals surface area contributed by atoms with Gasteiger partial charge in [-0.1, -0.05) is 238 Å². The van der Waals surface area contributed by atoms with Crippen molar-refractivity contribution in [1.82, 2.24) is 42.5 Å². The van der Waals surface area contributed by atoms with E-state index < -0.39 is 114 Å². The summed E-state index contributed by atoms with van der Waals surface area (Å²) in [6, 6.07) is 51.0. The summed E-state index contributed by atoms with van der Waals surface area (Å²) in [6.45, 7) is 4.19. The standard InChI is InChI=1S/C13H15BrN2O4.C13H14BrNO5.2C13H16BrNO3.C12H12BrNO5.C12H14BrNO3.C11H12BrNO3.C10H10BrNO3/c14-7-8-1-3-9(4-2-8)12(18)16-10(13(19)20)5-6-11(15)17;14-7-8-1-3-9(4-2-8)12(18)15-10(13(19)20)5-6-11(16)17;1-8(2)11(13(17)18)15-12(16)10-5-3-9(7-14)4-6-10;14-9-10-4-6-11(7-5-10)13(18)15-8-2-1-3-12(16)17;13-6-7-1-3-8(4-2-7)11(17)14-9(12(18)19)5-10(15)16;13-8-9-3-5-10(6-4-9)12(17)14-7-1-2-11(15)16;12-7-8-1-3-9(4-2-8)11(16)13-6-5-10(14)15;11-5-7-1-3-8(4-2-7)10(15)12-6-9(13)14/h1-4,10H,5-7H2,(H2,15,17)(H,16,18)(H,19,20);1-4,10H,5-7H2,(H,15,18)(H,16,17)(H,19,20);3-6,8,11H,7H2,1-2H3,(H,15,16)(H,17,18);4-7H,1-3,8-9H2,(H,15,18)(H,16,17);1-4,9H,5-6H2,(H,14,17)(H,15,16)(H,18,19);3-6H,1-2,7-8H2,(H,14,17)(H,15,16);1-4H,5-7H2,(H,13,16)(H,14,15);1-4H,5-6H2,(H,12,15)(H,13,14)/t2*10-;11-;;9-;;;/m000.0.../s1. The highest BCUT2D eigenvalue weighted by molar-refractivity contribution is 9.09. The Morgan fingerprint density at radius 2 is 0.476 bits per heavy atom.